The van der Waals surface area contributed by atoms with Gasteiger partial charge < -0.3 is 15.7 Å². The highest BCUT2D eigenvalue weighted by Gasteiger charge is 2.47. The van der Waals surface area contributed by atoms with Crippen LogP contribution in [-0.4, -0.2) is 28.8 Å². The monoisotopic (exact) mass is 309 g/mol. The van der Waals surface area contributed by atoms with Crippen molar-refractivity contribution in [3.05, 3.63) is 16.1 Å². The maximum atomic E-state index is 12.1. The highest BCUT2D eigenvalue weighted by Crippen LogP contribution is 2.48. The van der Waals surface area contributed by atoms with Crippen LogP contribution in [0.4, 0.5) is 4.79 Å². The number of aryl methyl sites for hydroxylation is 1. The smallest absolute Gasteiger partial charge is 0.315 e. The molecule has 2 aliphatic rings. The lowest BCUT2D eigenvalue weighted by Gasteiger charge is -2.30. The van der Waals surface area contributed by atoms with Crippen molar-refractivity contribution in [2.75, 3.05) is 6.61 Å². The number of hydrogen-bond donors (Lipinski definition) is 3. The van der Waals surface area contributed by atoms with Crippen molar-refractivity contribution in [3.63, 3.8) is 0 Å². The molecule has 0 aliphatic heterocycles. The first kappa shape index (κ1) is 14.8. The lowest BCUT2D eigenvalue weighted by molar-refractivity contribution is 0.144. The summed E-state index contributed by atoms with van der Waals surface area (Å²) in [5.74, 6) is 1.38. The molecule has 2 fully saturated rings. The van der Waals surface area contributed by atoms with Crippen molar-refractivity contribution in [1.82, 2.24) is 15.6 Å². The number of carbonyl (C=O) groups is 1. The molecule has 116 valence electrons. The lowest BCUT2D eigenvalue weighted by atomic mass is 9.85. The van der Waals surface area contributed by atoms with Gasteiger partial charge in [-0.2, -0.15) is 0 Å². The Balaban J connectivity index is 1.50. The molecule has 0 aromatic carbocycles. The van der Waals surface area contributed by atoms with Gasteiger partial charge in [-0.3, -0.25) is 0 Å². The second-order valence-electron chi connectivity index (χ2n) is 6.11. The van der Waals surface area contributed by atoms with E-state index in [0.717, 1.165) is 17.8 Å². The minimum Gasteiger partial charge on any atom is -0.396 e. The zero-order valence-corrected chi connectivity index (χ0v) is 13.2. The SMILES string of the molecule is CCc1cnc(CNC(=O)NC2C3CCC(C3)C2CO)s1. The van der Waals surface area contributed by atoms with Gasteiger partial charge in [0.1, 0.15) is 5.01 Å². The molecule has 5 nitrogen and oxygen atoms in total. The van der Waals surface area contributed by atoms with Crippen LogP contribution in [0.3, 0.4) is 0 Å². The summed E-state index contributed by atoms with van der Waals surface area (Å²) in [6.45, 7) is 2.75. The van der Waals surface area contributed by atoms with Crippen molar-refractivity contribution in [3.8, 4) is 0 Å². The van der Waals surface area contributed by atoms with Crippen molar-refractivity contribution in [2.24, 2.45) is 17.8 Å². The molecule has 2 bridgehead atoms. The number of amides is 2. The summed E-state index contributed by atoms with van der Waals surface area (Å²) < 4.78 is 0. The van der Waals surface area contributed by atoms with Gasteiger partial charge in [-0.05, 0) is 37.5 Å². The van der Waals surface area contributed by atoms with Crippen molar-refractivity contribution >= 4 is 17.4 Å². The molecule has 21 heavy (non-hydrogen) atoms. The van der Waals surface area contributed by atoms with Crippen LogP contribution >= 0.6 is 11.3 Å². The van der Waals surface area contributed by atoms with Crippen LogP contribution in [-0.2, 0) is 13.0 Å². The number of aliphatic hydroxyl groups excluding tert-OH is 1. The topological polar surface area (TPSA) is 74.2 Å². The van der Waals surface area contributed by atoms with E-state index in [1.807, 2.05) is 6.20 Å². The van der Waals surface area contributed by atoms with Crippen molar-refractivity contribution < 1.29 is 9.90 Å². The Hall–Kier alpha value is -1.14. The molecule has 2 saturated carbocycles. The first-order chi connectivity index (χ1) is 10.2. The van der Waals surface area contributed by atoms with Gasteiger partial charge >= 0.3 is 6.03 Å². The average molecular weight is 309 g/mol. The first-order valence-electron chi connectivity index (χ1n) is 7.80. The summed E-state index contributed by atoms with van der Waals surface area (Å²) in [6.07, 6.45) is 6.39. The van der Waals surface area contributed by atoms with Crippen molar-refractivity contribution in [2.45, 2.75) is 45.2 Å². The molecule has 1 aromatic rings. The third kappa shape index (κ3) is 3.06. The molecular formula is C15H23N3O2S. The zero-order chi connectivity index (χ0) is 14.8. The minimum absolute atomic E-state index is 0.135. The number of aromatic nitrogens is 1. The van der Waals surface area contributed by atoms with E-state index < -0.39 is 0 Å². The van der Waals surface area contributed by atoms with Gasteiger partial charge in [-0.25, -0.2) is 9.78 Å². The van der Waals surface area contributed by atoms with Crippen LogP contribution in [0.5, 0.6) is 0 Å². The van der Waals surface area contributed by atoms with E-state index >= 15 is 0 Å². The summed E-state index contributed by atoms with van der Waals surface area (Å²) in [5.41, 5.74) is 0. The molecule has 4 unspecified atom stereocenters. The van der Waals surface area contributed by atoms with Gasteiger partial charge in [-0.15, -0.1) is 11.3 Å². The number of fused-ring (bicyclic) bond motifs is 2. The summed E-state index contributed by atoms with van der Waals surface area (Å²) in [5, 5.41) is 16.4. The third-order valence-corrected chi connectivity index (χ3v) is 6.09. The molecule has 6 heteroatoms. The molecule has 2 aliphatic carbocycles. The van der Waals surface area contributed by atoms with Crippen LogP contribution in [0.15, 0.2) is 6.20 Å². The van der Waals surface area contributed by atoms with E-state index in [4.69, 9.17) is 0 Å². The molecule has 3 N–H and O–H groups in total. The second kappa shape index (κ2) is 6.32. The van der Waals surface area contributed by atoms with Gasteiger partial charge in [0.25, 0.3) is 0 Å². The number of thiazole rings is 1. The fraction of sp³-hybridized carbons (Fsp3) is 0.733. The minimum atomic E-state index is -0.140. The number of nitrogens with one attached hydrogen (secondary N) is 2. The zero-order valence-electron chi connectivity index (χ0n) is 12.3. The summed E-state index contributed by atoms with van der Waals surface area (Å²) in [4.78, 5) is 17.6. The van der Waals surface area contributed by atoms with Crippen LogP contribution in [0.1, 0.15) is 36.1 Å². The lowest BCUT2D eigenvalue weighted by Crippen LogP contribution is -2.48. The molecule has 0 saturated heterocycles. The highest BCUT2D eigenvalue weighted by molar-refractivity contribution is 7.11. The van der Waals surface area contributed by atoms with Crippen molar-refractivity contribution in [1.29, 1.82) is 0 Å². The number of rotatable bonds is 5. The second-order valence-corrected chi connectivity index (χ2v) is 7.31. The average Bonchev–Trinajstić information content (AvgIpc) is 3.20. The largest absolute Gasteiger partial charge is 0.396 e. The van der Waals surface area contributed by atoms with Gasteiger partial charge in [0, 0.05) is 29.6 Å². The van der Waals surface area contributed by atoms with Gasteiger partial charge in [0.15, 0.2) is 0 Å². The standard InChI is InChI=1S/C15H23N3O2S/c1-2-11-6-16-13(21-11)7-17-15(20)18-14-10-4-3-9(5-10)12(14)8-19/h6,9-10,12,14,19H,2-5,7-8H2,1H3,(H2,17,18,20). The van der Waals surface area contributed by atoms with E-state index in [0.29, 0.717) is 18.4 Å². The van der Waals surface area contributed by atoms with E-state index in [2.05, 4.69) is 22.5 Å². The molecule has 3 rings (SSSR count). The van der Waals surface area contributed by atoms with Gasteiger partial charge in [-0.1, -0.05) is 6.92 Å². The highest BCUT2D eigenvalue weighted by atomic mass is 32.1. The number of carbonyl (C=O) groups excluding carboxylic acids is 1. The summed E-state index contributed by atoms with van der Waals surface area (Å²) in [6, 6.07) is -0.00417. The molecule has 4 atom stereocenters. The normalized spacial score (nSPS) is 30.6. The molecule has 1 heterocycles. The number of urea groups is 1. The fourth-order valence-electron chi connectivity index (χ4n) is 3.85. The summed E-state index contributed by atoms with van der Waals surface area (Å²) >= 11 is 1.64. The number of nitrogens with zero attached hydrogens (tertiary/aromatic N) is 1. The maximum Gasteiger partial charge on any atom is 0.315 e. The molecular weight excluding hydrogens is 286 g/mol. The first-order valence-corrected chi connectivity index (χ1v) is 8.61. The van der Waals surface area contributed by atoms with E-state index in [1.54, 1.807) is 11.3 Å². The van der Waals surface area contributed by atoms with Gasteiger partial charge in [0.05, 0.1) is 6.54 Å². The van der Waals surface area contributed by atoms with E-state index in [-0.39, 0.29) is 24.6 Å². The van der Waals surface area contributed by atoms with E-state index in [1.165, 1.54) is 17.7 Å². The van der Waals surface area contributed by atoms with Crippen LogP contribution < -0.4 is 10.6 Å². The molecule has 1 aromatic heterocycles. The summed E-state index contributed by atoms with van der Waals surface area (Å²) in [7, 11) is 0. The Morgan fingerprint density at radius 2 is 2.29 bits per heavy atom. The third-order valence-electron chi connectivity index (χ3n) is 4.95. The number of hydrogen-bond acceptors (Lipinski definition) is 4. The van der Waals surface area contributed by atoms with Crippen LogP contribution in [0, 0.1) is 17.8 Å². The van der Waals surface area contributed by atoms with E-state index in [9.17, 15) is 9.90 Å². The Morgan fingerprint density at radius 3 is 3.00 bits per heavy atom. The fourth-order valence-corrected chi connectivity index (χ4v) is 4.65. The Morgan fingerprint density at radius 1 is 1.48 bits per heavy atom. The predicted molar refractivity (Wildman–Crippen MR) is 82.1 cm³/mol. The number of aliphatic hydroxyl groups is 1. The van der Waals surface area contributed by atoms with Gasteiger partial charge in [0.2, 0.25) is 0 Å². The molecule has 0 radical (unpaired) electrons. The quantitative estimate of drug-likeness (QED) is 0.778. The van der Waals surface area contributed by atoms with Crippen LogP contribution in [0.2, 0.25) is 0 Å². The Kier molecular flexibility index (Phi) is 4.45. The Bertz CT molecular complexity index is 505. The molecule has 2 amide bonds. The maximum absolute atomic E-state index is 12.1. The molecule has 0 spiro atoms. The van der Waals surface area contributed by atoms with Crippen LogP contribution in [0.25, 0.3) is 0 Å². The predicted octanol–water partition coefficient (Wildman–Crippen LogP) is 1.91. The Labute approximate surface area is 129 Å².